The molecule has 2 rings (SSSR count). The van der Waals surface area contributed by atoms with Crippen LogP contribution in [0.2, 0.25) is 0 Å². The molecule has 2 N–H and O–H groups in total. The van der Waals surface area contributed by atoms with Gasteiger partial charge in [-0.3, -0.25) is 0 Å². The molecule has 1 aromatic rings. The second-order valence-corrected chi connectivity index (χ2v) is 5.51. The number of esters is 1. The summed E-state index contributed by atoms with van der Waals surface area (Å²) in [6, 6.07) is 7.03. The number of carbonyl (C=O) groups is 1. The minimum Gasteiger partial charge on any atom is -0.497 e. The van der Waals surface area contributed by atoms with Crippen LogP contribution in [0.5, 0.6) is 11.5 Å². The summed E-state index contributed by atoms with van der Waals surface area (Å²) in [6.07, 6.45) is 5.29. The second-order valence-electron chi connectivity index (χ2n) is 5.51. The van der Waals surface area contributed by atoms with Crippen molar-refractivity contribution in [2.24, 2.45) is 5.73 Å². The minimum atomic E-state index is -0.842. The summed E-state index contributed by atoms with van der Waals surface area (Å²) in [4.78, 5) is 12.6. The molecule has 1 aliphatic rings. The van der Waals surface area contributed by atoms with Crippen LogP contribution in [0.1, 0.15) is 25.3 Å². The number of methoxy groups -OCH3 is 1. The van der Waals surface area contributed by atoms with Crippen LogP contribution in [0.15, 0.2) is 41.0 Å². The lowest BCUT2D eigenvalue weighted by molar-refractivity contribution is -0.139. The van der Waals surface area contributed by atoms with E-state index in [-0.39, 0.29) is 36.0 Å². The lowest BCUT2D eigenvalue weighted by Gasteiger charge is -2.28. The van der Waals surface area contributed by atoms with E-state index in [0.717, 1.165) is 0 Å². The Kier molecular flexibility index (Phi) is 6.35. The van der Waals surface area contributed by atoms with Gasteiger partial charge in [-0.1, -0.05) is 5.92 Å². The van der Waals surface area contributed by atoms with Gasteiger partial charge in [0.05, 0.1) is 25.2 Å². The maximum Gasteiger partial charge on any atom is 0.338 e. The van der Waals surface area contributed by atoms with Gasteiger partial charge in [0.15, 0.2) is 0 Å². The van der Waals surface area contributed by atoms with E-state index in [0.29, 0.717) is 17.1 Å². The highest BCUT2D eigenvalue weighted by molar-refractivity contribution is 5.92. The molecule has 7 nitrogen and oxygen atoms in total. The number of ether oxygens (including phenoxy) is 4. The quantitative estimate of drug-likeness (QED) is 0.607. The van der Waals surface area contributed by atoms with E-state index in [1.54, 1.807) is 32.0 Å². The number of allylic oxidation sites excluding steroid dienone is 2. The molecule has 0 aromatic heterocycles. The van der Waals surface area contributed by atoms with Crippen molar-refractivity contribution in [3.8, 4) is 29.9 Å². The van der Waals surface area contributed by atoms with Crippen LogP contribution in [0.3, 0.4) is 0 Å². The average molecular weight is 368 g/mol. The van der Waals surface area contributed by atoms with Crippen LogP contribution in [-0.4, -0.2) is 26.3 Å². The van der Waals surface area contributed by atoms with Crippen molar-refractivity contribution in [1.82, 2.24) is 0 Å². The number of benzene rings is 1. The van der Waals surface area contributed by atoms with Crippen molar-refractivity contribution in [2.45, 2.75) is 19.8 Å². The van der Waals surface area contributed by atoms with Crippen LogP contribution in [0.4, 0.5) is 0 Å². The lowest BCUT2D eigenvalue weighted by atomic mass is 9.82. The molecule has 7 heteroatoms. The van der Waals surface area contributed by atoms with Gasteiger partial charge < -0.3 is 24.7 Å². The van der Waals surface area contributed by atoms with Gasteiger partial charge in [-0.05, 0) is 32.0 Å². The van der Waals surface area contributed by atoms with Crippen LogP contribution in [0, 0.1) is 23.7 Å². The first kappa shape index (κ1) is 19.7. The molecule has 0 amide bonds. The van der Waals surface area contributed by atoms with E-state index >= 15 is 0 Å². The zero-order chi connectivity index (χ0) is 20.0. The topological polar surface area (TPSA) is 104 Å². The number of nitriles is 1. The highest BCUT2D eigenvalue weighted by Crippen LogP contribution is 2.44. The molecule has 1 unspecified atom stereocenters. The van der Waals surface area contributed by atoms with Crippen molar-refractivity contribution in [3.05, 3.63) is 46.6 Å². The van der Waals surface area contributed by atoms with Crippen molar-refractivity contribution < 1.29 is 23.7 Å². The third-order valence-electron chi connectivity index (χ3n) is 3.94. The Morgan fingerprint density at radius 3 is 2.78 bits per heavy atom. The third-order valence-corrected chi connectivity index (χ3v) is 3.94. The van der Waals surface area contributed by atoms with E-state index < -0.39 is 11.9 Å². The molecule has 1 heterocycles. The van der Waals surface area contributed by atoms with Crippen molar-refractivity contribution in [2.75, 3.05) is 20.3 Å². The van der Waals surface area contributed by atoms with Crippen molar-refractivity contribution in [1.29, 1.82) is 5.26 Å². The lowest BCUT2D eigenvalue weighted by Crippen LogP contribution is -2.26. The third kappa shape index (κ3) is 3.99. The number of nitrogens with zero attached hydrogens (tertiary/aromatic N) is 1. The number of rotatable bonds is 6. The Labute approximate surface area is 158 Å². The molecule has 0 saturated carbocycles. The molecule has 0 aliphatic carbocycles. The molecule has 0 bridgehead atoms. The number of hydrogen-bond donors (Lipinski definition) is 1. The molecule has 0 fully saturated rings. The Balaban J connectivity index is 2.72. The van der Waals surface area contributed by atoms with E-state index in [2.05, 4.69) is 5.92 Å². The predicted octanol–water partition coefficient (Wildman–Crippen LogP) is 2.35. The summed E-state index contributed by atoms with van der Waals surface area (Å²) in [5, 5.41) is 9.66. The summed E-state index contributed by atoms with van der Waals surface area (Å²) in [5.74, 6) is 2.02. The second kappa shape index (κ2) is 8.68. The highest BCUT2D eigenvalue weighted by Gasteiger charge is 2.38. The van der Waals surface area contributed by atoms with Gasteiger partial charge >= 0.3 is 5.97 Å². The highest BCUT2D eigenvalue weighted by atomic mass is 16.5. The van der Waals surface area contributed by atoms with Gasteiger partial charge in [0.25, 0.3) is 0 Å². The summed E-state index contributed by atoms with van der Waals surface area (Å²) in [6.45, 7) is 3.46. The van der Waals surface area contributed by atoms with Gasteiger partial charge in [0.2, 0.25) is 5.88 Å². The Morgan fingerprint density at radius 1 is 1.44 bits per heavy atom. The Morgan fingerprint density at radius 2 is 2.19 bits per heavy atom. The number of hydrogen-bond acceptors (Lipinski definition) is 7. The van der Waals surface area contributed by atoms with Gasteiger partial charge in [-0.15, -0.1) is 6.42 Å². The number of carbonyl (C=O) groups excluding carboxylic acids is 1. The first-order chi connectivity index (χ1) is 13.0. The summed E-state index contributed by atoms with van der Waals surface area (Å²) in [5.41, 5.74) is 6.64. The molecule has 0 saturated heterocycles. The maximum absolute atomic E-state index is 12.6. The van der Waals surface area contributed by atoms with Gasteiger partial charge in [-0.2, -0.15) is 5.26 Å². The fourth-order valence-electron chi connectivity index (χ4n) is 2.80. The normalized spacial score (nSPS) is 16.1. The Bertz CT molecular complexity index is 887. The minimum absolute atomic E-state index is 0.0149. The van der Waals surface area contributed by atoms with Crippen LogP contribution < -0.4 is 15.2 Å². The molecular formula is C20H20N2O5. The van der Waals surface area contributed by atoms with Crippen LogP contribution in [0.25, 0.3) is 0 Å². The fourth-order valence-corrected chi connectivity index (χ4v) is 2.80. The summed E-state index contributed by atoms with van der Waals surface area (Å²) < 4.78 is 21.5. The largest absolute Gasteiger partial charge is 0.497 e. The molecular weight excluding hydrogens is 348 g/mol. The number of nitrogens with two attached hydrogens (primary N) is 1. The first-order valence-electron chi connectivity index (χ1n) is 8.18. The molecule has 1 atom stereocenters. The maximum atomic E-state index is 12.6. The number of terminal acetylenes is 1. The van der Waals surface area contributed by atoms with Crippen molar-refractivity contribution >= 4 is 5.97 Å². The standard InChI is InChI=1S/C20H20N2O5/c1-5-9-26-16-8-7-13(24-4)10-14(16)18-15(11-21)19(22)27-12(3)17(18)20(23)25-6-2/h1,7-8,10,18H,6,9,22H2,2-4H3. The summed E-state index contributed by atoms with van der Waals surface area (Å²) in [7, 11) is 1.51. The summed E-state index contributed by atoms with van der Waals surface area (Å²) >= 11 is 0. The smallest absolute Gasteiger partial charge is 0.338 e. The monoisotopic (exact) mass is 368 g/mol. The van der Waals surface area contributed by atoms with Gasteiger partial charge in [-0.25, -0.2) is 4.79 Å². The molecule has 1 aliphatic heterocycles. The first-order valence-corrected chi connectivity index (χ1v) is 8.18. The van der Waals surface area contributed by atoms with E-state index in [9.17, 15) is 10.1 Å². The molecule has 0 radical (unpaired) electrons. The molecule has 140 valence electrons. The zero-order valence-corrected chi connectivity index (χ0v) is 15.4. The van der Waals surface area contributed by atoms with E-state index in [1.165, 1.54) is 7.11 Å². The van der Waals surface area contributed by atoms with Crippen molar-refractivity contribution in [3.63, 3.8) is 0 Å². The molecule has 0 spiro atoms. The molecule has 27 heavy (non-hydrogen) atoms. The fraction of sp³-hybridized carbons (Fsp3) is 0.300. The average Bonchev–Trinajstić information content (AvgIpc) is 2.65. The SMILES string of the molecule is C#CCOc1ccc(OC)cc1C1C(C#N)=C(N)OC(C)=C1C(=O)OCC. The predicted molar refractivity (Wildman–Crippen MR) is 97.3 cm³/mol. The van der Waals surface area contributed by atoms with E-state index in [4.69, 9.17) is 31.1 Å². The van der Waals surface area contributed by atoms with Crippen LogP contribution in [-0.2, 0) is 14.3 Å². The van der Waals surface area contributed by atoms with E-state index in [1.807, 2.05) is 6.07 Å². The van der Waals surface area contributed by atoms with Gasteiger partial charge in [0.1, 0.15) is 35.5 Å². The van der Waals surface area contributed by atoms with Gasteiger partial charge in [0, 0.05) is 5.56 Å². The van der Waals surface area contributed by atoms with Crippen LogP contribution >= 0.6 is 0 Å². The molecule has 1 aromatic carbocycles. The Hall–Kier alpha value is -3.58. The zero-order valence-electron chi connectivity index (χ0n) is 15.4.